The summed E-state index contributed by atoms with van der Waals surface area (Å²) in [4.78, 5) is 34.0. The quantitative estimate of drug-likeness (QED) is 0.624. The summed E-state index contributed by atoms with van der Waals surface area (Å²) in [5.74, 6) is -2.04. The third-order valence-corrected chi connectivity index (χ3v) is 3.16. The Bertz CT molecular complexity index is 640. The lowest BCUT2D eigenvalue weighted by Crippen LogP contribution is -2.37. The number of amides is 3. The summed E-state index contributed by atoms with van der Waals surface area (Å²) in [6.07, 6.45) is -4.99. The van der Waals surface area contributed by atoms with Crippen LogP contribution in [0.1, 0.15) is 18.0 Å². The van der Waals surface area contributed by atoms with Crippen molar-refractivity contribution in [3.05, 3.63) is 34.9 Å². The average Bonchev–Trinajstić information content (AvgIpc) is 2.49. The van der Waals surface area contributed by atoms with Crippen molar-refractivity contribution in [2.45, 2.75) is 18.6 Å². The van der Waals surface area contributed by atoms with Crippen LogP contribution in [0.2, 0.25) is 5.02 Å². The second-order valence-electron chi connectivity index (χ2n) is 4.84. The summed E-state index contributed by atoms with van der Waals surface area (Å²) < 4.78 is 40.4. The van der Waals surface area contributed by atoms with E-state index in [4.69, 9.17) is 17.3 Å². The van der Waals surface area contributed by atoms with Crippen molar-refractivity contribution in [3.63, 3.8) is 0 Å². The molecule has 0 unspecified atom stereocenters. The van der Waals surface area contributed by atoms with E-state index in [0.29, 0.717) is 5.56 Å². The Morgan fingerprint density at radius 2 is 1.88 bits per heavy atom. The van der Waals surface area contributed by atoms with Crippen LogP contribution in [0.5, 0.6) is 0 Å². The number of primary amides is 1. The second-order valence-corrected chi connectivity index (χ2v) is 5.25. The van der Waals surface area contributed by atoms with Gasteiger partial charge >= 0.3 is 18.2 Å². The van der Waals surface area contributed by atoms with Crippen molar-refractivity contribution in [2.75, 3.05) is 13.2 Å². The van der Waals surface area contributed by atoms with E-state index in [-0.39, 0.29) is 5.02 Å². The second kappa shape index (κ2) is 9.11. The van der Waals surface area contributed by atoms with Gasteiger partial charge in [-0.25, -0.2) is 4.79 Å². The standard InChI is InChI=1S/C14H15ClF3N3O4/c15-9-4-2-1-3-8(9)10(21-13(19)24)5-12(23)25-6-11(22)20-7-14(16,17)18/h1-4,10H,5-7H2,(H,20,22)(H3,19,21,24)/t10-/m0/s1. The topological polar surface area (TPSA) is 111 Å². The van der Waals surface area contributed by atoms with E-state index < -0.39 is 49.7 Å². The van der Waals surface area contributed by atoms with E-state index in [1.54, 1.807) is 23.5 Å². The van der Waals surface area contributed by atoms with Gasteiger partial charge in [0.15, 0.2) is 6.61 Å². The number of rotatable bonds is 7. The van der Waals surface area contributed by atoms with Gasteiger partial charge in [0.25, 0.3) is 5.91 Å². The molecule has 1 aromatic rings. The van der Waals surface area contributed by atoms with Crippen molar-refractivity contribution in [2.24, 2.45) is 5.73 Å². The molecular formula is C14H15ClF3N3O4. The number of hydrogen-bond acceptors (Lipinski definition) is 4. The number of urea groups is 1. The first-order chi connectivity index (χ1) is 11.6. The number of benzene rings is 1. The van der Waals surface area contributed by atoms with Crippen LogP contribution in [0.4, 0.5) is 18.0 Å². The molecule has 138 valence electrons. The van der Waals surface area contributed by atoms with Gasteiger partial charge in [-0.15, -0.1) is 0 Å². The monoisotopic (exact) mass is 381 g/mol. The first-order valence-corrected chi connectivity index (χ1v) is 7.25. The zero-order chi connectivity index (χ0) is 19.0. The Kier molecular flexibility index (Phi) is 7.49. The number of nitrogens with two attached hydrogens (primary N) is 1. The van der Waals surface area contributed by atoms with Crippen LogP contribution >= 0.6 is 11.6 Å². The largest absolute Gasteiger partial charge is 0.456 e. The first kappa shape index (κ1) is 20.6. The van der Waals surface area contributed by atoms with Crippen LogP contribution in [-0.2, 0) is 14.3 Å². The minimum Gasteiger partial charge on any atom is -0.456 e. The van der Waals surface area contributed by atoms with Crippen LogP contribution < -0.4 is 16.4 Å². The maximum atomic E-state index is 11.9. The number of ether oxygens (including phenoxy) is 1. The van der Waals surface area contributed by atoms with Gasteiger partial charge in [-0.1, -0.05) is 29.8 Å². The van der Waals surface area contributed by atoms with Crippen molar-refractivity contribution in [3.8, 4) is 0 Å². The number of halogens is 4. The molecule has 0 heterocycles. The summed E-state index contributed by atoms with van der Waals surface area (Å²) in [6, 6.07) is 4.50. The highest BCUT2D eigenvalue weighted by Crippen LogP contribution is 2.25. The summed E-state index contributed by atoms with van der Waals surface area (Å²) in [5.41, 5.74) is 5.43. The van der Waals surface area contributed by atoms with Crippen LogP contribution in [0.3, 0.4) is 0 Å². The molecule has 3 amide bonds. The summed E-state index contributed by atoms with van der Waals surface area (Å²) >= 11 is 5.98. The summed E-state index contributed by atoms with van der Waals surface area (Å²) in [6.45, 7) is -2.42. The number of carbonyl (C=O) groups excluding carboxylic acids is 3. The van der Waals surface area contributed by atoms with E-state index in [1.807, 2.05) is 0 Å². The molecule has 4 N–H and O–H groups in total. The van der Waals surface area contributed by atoms with Crippen molar-refractivity contribution < 1.29 is 32.3 Å². The molecule has 0 saturated heterocycles. The summed E-state index contributed by atoms with van der Waals surface area (Å²) in [7, 11) is 0. The highest BCUT2D eigenvalue weighted by molar-refractivity contribution is 6.31. The number of alkyl halides is 3. The van der Waals surface area contributed by atoms with Gasteiger partial charge in [-0.2, -0.15) is 13.2 Å². The highest BCUT2D eigenvalue weighted by Gasteiger charge is 2.28. The molecule has 11 heteroatoms. The maximum absolute atomic E-state index is 11.9. The Hall–Kier alpha value is -2.49. The van der Waals surface area contributed by atoms with Gasteiger partial charge in [-0.3, -0.25) is 9.59 Å². The molecule has 25 heavy (non-hydrogen) atoms. The van der Waals surface area contributed by atoms with E-state index in [1.165, 1.54) is 6.07 Å². The van der Waals surface area contributed by atoms with Crippen molar-refractivity contribution in [1.82, 2.24) is 10.6 Å². The SMILES string of the molecule is NC(=O)N[C@@H](CC(=O)OCC(=O)NCC(F)(F)F)c1ccccc1Cl. The molecule has 0 aliphatic rings. The van der Waals surface area contributed by atoms with Gasteiger partial charge in [0.1, 0.15) is 6.54 Å². The Morgan fingerprint density at radius 3 is 2.44 bits per heavy atom. The minimum absolute atomic E-state index is 0.261. The van der Waals surface area contributed by atoms with E-state index in [0.717, 1.165) is 0 Å². The van der Waals surface area contributed by atoms with Crippen LogP contribution in [0, 0.1) is 0 Å². The predicted molar refractivity (Wildman–Crippen MR) is 81.6 cm³/mol. The van der Waals surface area contributed by atoms with Crippen LogP contribution in [0.15, 0.2) is 24.3 Å². The van der Waals surface area contributed by atoms with Gasteiger partial charge in [-0.05, 0) is 11.6 Å². The molecule has 1 atom stereocenters. The van der Waals surface area contributed by atoms with Gasteiger partial charge in [0.2, 0.25) is 0 Å². The Labute approximate surface area is 145 Å². The highest BCUT2D eigenvalue weighted by atomic mass is 35.5. The van der Waals surface area contributed by atoms with Crippen LogP contribution in [-0.4, -0.2) is 37.2 Å². The minimum atomic E-state index is -4.57. The molecule has 0 bridgehead atoms. The molecule has 0 spiro atoms. The van der Waals surface area contributed by atoms with Gasteiger partial charge < -0.3 is 21.1 Å². The predicted octanol–water partition coefficient (Wildman–Crippen LogP) is 1.66. The molecule has 1 rings (SSSR count). The first-order valence-electron chi connectivity index (χ1n) is 6.88. The molecule has 1 aromatic carbocycles. The third kappa shape index (κ3) is 8.25. The molecule has 7 nitrogen and oxygen atoms in total. The summed E-state index contributed by atoms with van der Waals surface area (Å²) in [5, 5.41) is 4.12. The lowest BCUT2D eigenvalue weighted by atomic mass is 10.0. The van der Waals surface area contributed by atoms with Gasteiger partial charge in [0, 0.05) is 5.02 Å². The fraction of sp³-hybridized carbons (Fsp3) is 0.357. The molecule has 0 saturated carbocycles. The normalized spacial score (nSPS) is 12.2. The van der Waals surface area contributed by atoms with E-state index in [2.05, 4.69) is 10.1 Å². The number of hydrogen-bond donors (Lipinski definition) is 3. The van der Waals surface area contributed by atoms with Crippen LogP contribution in [0.25, 0.3) is 0 Å². The molecule has 0 fully saturated rings. The lowest BCUT2D eigenvalue weighted by molar-refractivity contribution is -0.151. The fourth-order valence-corrected chi connectivity index (χ4v) is 2.06. The fourth-order valence-electron chi connectivity index (χ4n) is 1.79. The number of esters is 1. The Morgan fingerprint density at radius 1 is 1.24 bits per heavy atom. The molecule has 0 aliphatic carbocycles. The smallest absolute Gasteiger partial charge is 0.405 e. The van der Waals surface area contributed by atoms with Crippen molar-refractivity contribution >= 4 is 29.5 Å². The lowest BCUT2D eigenvalue weighted by Gasteiger charge is -2.18. The zero-order valence-corrected chi connectivity index (χ0v) is 13.5. The zero-order valence-electron chi connectivity index (χ0n) is 12.7. The molecular weight excluding hydrogens is 367 g/mol. The average molecular weight is 382 g/mol. The molecule has 0 aliphatic heterocycles. The van der Waals surface area contributed by atoms with E-state index >= 15 is 0 Å². The molecule has 0 aromatic heterocycles. The van der Waals surface area contributed by atoms with Gasteiger partial charge in [0.05, 0.1) is 12.5 Å². The van der Waals surface area contributed by atoms with E-state index in [9.17, 15) is 27.6 Å². The Balaban J connectivity index is 2.60. The molecule has 0 radical (unpaired) electrons. The number of carbonyl (C=O) groups is 3. The maximum Gasteiger partial charge on any atom is 0.405 e. The third-order valence-electron chi connectivity index (χ3n) is 2.82. The van der Waals surface area contributed by atoms with Crippen molar-refractivity contribution in [1.29, 1.82) is 0 Å². The number of nitrogens with one attached hydrogen (secondary N) is 2.